The number of methoxy groups -OCH3 is 2. The maximum Gasteiger partial charge on any atom is 0.246 e. The van der Waals surface area contributed by atoms with Crippen molar-refractivity contribution < 1.29 is 14.3 Å². The number of likely N-dealkylation sites (N-methyl/N-ethyl adjacent to an activating group) is 1. The molecule has 5 heteroatoms. The van der Waals surface area contributed by atoms with Crippen molar-refractivity contribution in [3.63, 3.8) is 0 Å². The third kappa shape index (κ3) is 4.86. The van der Waals surface area contributed by atoms with E-state index in [1.807, 2.05) is 37.4 Å². The van der Waals surface area contributed by atoms with Crippen LogP contribution in [0.1, 0.15) is 15.3 Å². The molecule has 1 aromatic heterocycles. The minimum atomic E-state index is 0.00142. The van der Waals surface area contributed by atoms with E-state index >= 15 is 0 Å². The largest absolute Gasteiger partial charge is 0.493 e. The number of nitrogens with zero attached hydrogens (tertiary/aromatic N) is 1. The van der Waals surface area contributed by atoms with Gasteiger partial charge in [0, 0.05) is 29.4 Å². The molecule has 1 heterocycles. The van der Waals surface area contributed by atoms with Gasteiger partial charge in [-0.2, -0.15) is 0 Å². The summed E-state index contributed by atoms with van der Waals surface area (Å²) in [6.07, 6.45) is 4.25. The third-order valence-corrected chi connectivity index (χ3v) is 4.68. The Morgan fingerprint density at radius 3 is 2.54 bits per heavy atom. The SMILES string of the molecule is COc1ccc(CCN(C)C(=O)/C=C/c2ccc(C)s2)cc1OC. The first-order valence-electron chi connectivity index (χ1n) is 7.74. The number of carbonyl (C=O) groups is 1. The maximum atomic E-state index is 12.2. The van der Waals surface area contributed by atoms with Crippen molar-refractivity contribution in [3.8, 4) is 11.5 Å². The standard InChI is InChI=1S/C19H23NO3S/c1-14-5-7-16(24-14)8-10-19(21)20(2)12-11-15-6-9-17(22-3)18(13-15)23-4/h5-10,13H,11-12H2,1-4H3/b10-8+. The lowest BCUT2D eigenvalue weighted by molar-refractivity contribution is -0.124. The number of amides is 1. The van der Waals surface area contributed by atoms with Gasteiger partial charge in [-0.1, -0.05) is 6.07 Å². The molecule has 0 aliphatic rings. The summed E-state index contributed by atoms with van der Waals surface area (Å²) in [6.45, 7) is 2.70. The summed E-state index contributed by atoms with van der Waals surface area (Å²) in [5.74, 6) is 1.42. The summed E-state index contributed by atoms with van der Waals surface area (Å²) in [7, 11) is 5.05. The summed E-state index contributed by atoms with van der Waals surface area (Å²) >= 11 is 1.68. The molecular weight excluding hydrogens is 322 g/mol. The lowest BCUT2D eigenvalue weighted by atomic mass is 10.1. The highest BCUT2D eigenvalue weighted by atomic mass is 32.1. The van der Waals surface area contributed by atoms with E-state index < -0.39 is 0 Å². The summed E-state index contributed by atoms with van der Waals surface area (Å²) in [4.78, 5) is 16.2. The molecule has 4 nitrogen and oxygen atoms in total. The van der Waals surface area contributed by atoms with E-state index in [1.54, 1.807) is 36.5 Å². The van der Waals surface area contributed by atoms with Crippen LogP contribution in [-0.4, -0.2) is 38.6 Å². The van der Waals surface area contributed by atoms with Crippen molar-refractivity contribution in [2.45, 2.75) is 13.3 Å². The number of carbonyl (C=O) groups excluding carboxylic acids is 1. The highest BCUT2D eigenvalue weighted by Crippen LogP contribution is 2.27. The number of benzene rings is 1. The zero-order chi connectivity index (χ0) is 17.5. The summed E-state index contributed by atoms with van der Waals surface area (Å²) in [5.41, 5.74) is 1.10. The lowest BCUT2D eigenvalue weighted by Crippen LogP contribution is -2.27. The molecule has 2 rings (SSSR count). The highest BCUT2D eigenvalue weighted by molar-refractivity contribution is 7.12. The van der Waals surface area contributed by atoms with Crippen molar-refractivity contribution in [2.24, 2.45) is 0 Å². The minimum absolute atomic E-state index is 0.00142. The van der Waals surface area contributed by atoms with Crippen molar-refractivity contribution in [2.75, 3.05) is 27.8 Å². The molecule has 0 atom stereocenters. The van der Waals surface area contributed by atoms with Gasteiger partial charge in [-0.05, 0) is 49.2 Å². The first-order chi connectivity index (χ1) is 11.5. The molecule has 0 saturated heterocycles. The van der Waals surface area contributed by atoms with Gasteiger partial charge in [0.1, 0.15) is 0 Å². The van der Waals surface area contributed by atoms with Gasteiger partial charge in [0.2, 0.25) is 5.91 Å². The molecule has 1 aromatic carbocycles. The van der Waals surface area contributed by atoms with E-state index in [-0.39, 0.29) is 5.91 Å². The van der Waals surface area contributed by atoms with Crippen LogP contribution in [-0.2, 0) is 11.2 Å². The molecule has 0 unspecified atom stereocenters. The summed E-state index contributed by atoms with van der Waals surface area (Å²) in [6, 6.07) is 9.89. The van der Waals surface area contributed by atoms with Crippen LogP contribution in [0.3, 0.4) is 0 Å². The molecule has 0 aliphatic heterocycles. The van der Waals surface area contributed by atoms with Crippen molar-refractivity contribution in [3.05, 3.63) is 51.7 Å². The van der Waals surface area contributed by atoms with E-state index in [4.69, 9.17) is 9.47 Å². The van der Waals surface area contributed by atoms with E-state index in [2.05, 4.69) is 13.0 Å². The van der Waals surface area contributed by atoms with Crippen LogP contribution >= 0.6 is 11.3 Å². The topological polar surface area (TPSA) is 38.8 Å². The molecule has 0 saturated carbocycles. The van der Waals surface area contributed by atoms with Crippen LogP contribution in [0.25, 0.3) is 6.08 Å². The van der Waals surface area contributed by atoms with Gasteiger partial charge in [0.15, 0.2) is 11.5 Å². The second-order valence-electron chi connectivity index (χ2n) is 5.48. The van der Waals surface area contributed by atoms with Gasteiger partial charge in [-0.25, -0.2) is 0 Å². The average Bonchev–Trinajstić information content (AvgIpc) is 3.02. The highest BCUT2D eigenvalue weighted by Gasteiger charge is 2.08. The Labute approximate surface area is 147 Å². The van der Waals surface area contributed by atoms with E-state index in [0.29, 0.717) is 18.0 Å². The molecule has 2 aromatic rings. The van der Waals surface area contributed by atoms with E-state index in [1.165, 1.54) is 4.88 Å². The van der Waals surface area contributed by atoms with Crippen molar-refractivity contribution >= 4 is 23.3 Å². The van der Waals surface area contributed by atoms with Crippen LogP contribution in [0.4, 0.5) is 0 Å². The quantitative estimate of drug-likeness (QED) is 0.717. The number of rotatable bonds is 7. The summed E-state index contributed by atoms with van der Waals surface area (Å²) < 4.78 is 10.5. The van der Waals surface area contributed by atoms with Gasteiger partial charge in [0.25, 0.3) is 0 Å². The van der Waals surface area contributed by atoms with Gasteiger partial charge in [-0.3, -0.25) is 4.79 Å². The van der Waals surface area contributed by atoms with Crippen LogP contribution < -0.4 is 9.47 Å². The summed E-state index contributed by atoms with van der Waals surface area (Å²) in [5, 5.41) is 0. The molecule has 0 spiro atoms. The fourth-order valence-electron chi connectivity index (χ4n) is 2.27. The maximum absolute atomic E-state index is 12.2. The fraction of sp³-hybridized carbons (Fsp3) is 0.316. The Morgan fingerprint density at radius 2 is 1.92 bits per heavy atom. The van der Waals surface area contributed by atoms with Gasteiger partial charge in [-0.15, -0.1) is 11.3 Å². The van der Waals surface area contributed by atoms with Gasteiger partial charge < -0.3 is 14.4 Å². The zero-order valence-corrected chi connectivity index (χ0v) is 15.4. The fourth-order valence-corrected chi connectivity index (χ4v) is 3.05. The minimum Gasteiger partial charge on any atom is -0.493 e. The molecule has 0 bridgehead atoms. The van der Waals surface area contributed by atoms with Gasteiger partial charge in [0.05, 0.1) is 14.2 Å². The second kappa shape index (κ2) is 8.55. The Balaban J connectivity index is 1.91. The molecule has 1 amide bonds. The molecule has 0 fully saturated rings. The Bertz CT molecular complexity index is 721. The normalized spacial score (nSPS) is 10.8. The third-order valence-electron chi connectivity index (χ3n) is 3.71. The lowest BCUT2D eigenvalue weighted by Gasteiger charge is -2.16. The molecule has 128 valence electrons. The second-order valence-corrected chi connectivity index (χ2v) is 6.80. The number of hydrogen-bond acceptors (Lipinski definition) is 4. The first-order valence-corrected chi connectivity index (χ1v) is 8.55. The van der Waals surface area contributed by atoms with Crippen LogP contribution in [0.2, 0.25) is 0 Å². The molecular formula is C19H23NO3S. The van der Waals surface area contributed by atoms with Crippen molar-refractivity contribution in [1.82, 2.24) is 4.90 Å². The van der Waals surface area contributed by atoms with Crippen LogP contribution in [0.15, 0.2) is 36.4 Å². The Kier molecular flexibility index (Phi) is 6.44. The number of ether oxygens (including phenoxy) is 2. The molecule has 0 N–H and O–H groups in total. The first kappa shape index (κ1) is 18.1. The average molecular weight is 345 g/mol. The number of aryl methyl sites for hydroxylation is 1. The zero-order valence-electron chi connectivity index (χ0n) is 14.5. The predicted octanol–water partition coefficient (Wildman–Crippen LogP) is 3.79. The van der Waals surface area contributed by atoms with E-state index in [0.717, 1.165) is 16.9 Å². The predicted molar refractivity (Wildman–Crippen MR) is 99.0 cm³/mol. The number of hydrogen-bond donors (Lipinski definition) is 0. The number of thiophene rings is 1. The van der Waals surface area contributed by atoms with E-state index in [9.17, 15) is 4.79 Å². The molecule has 0 radical (unpaired) electrons. The molecule has 0 aliphatic carbocycles. The van der Waals surface area contributed by atoms with Crippen molar-refractivity contribution in [1.29, 1.82) is 0 Å². The monoisotopic (exact) mass is 345 g/mol. The van der Waals surface area contributed by atoms with Crippen LogP contribution in [0.5, 0.6) is 11.5 Å². The van der Waals surface area contributed by atoms with Crippen LogP contribution in [0, 0.1) is 6.92 Å². The Morgan fingerprint density at radius 1 is 1.17 bits per heavy atom. The van der Waals surface area contributed by atoms with Gasteiger partial charge >= 0.3 is 0 Å². The smallest absolute Gasteiger partial charge is 0.246 e. The Hall–Kier alpha value is -2.27. The molecule has 24 heavy (non-hydrogen) atoms.